The van der Waals surface area contributed by atoms with Gasteiger partial charge in [0.15, 0.2) is 0 Å². The number of ether oxygens (including phenoxy) is 1. The zero-order valence-corrected chi connectivity index (χ0v) is 15.9. The molecule has 0 spiro atoms. The van der Waals surface area contributed by atoms with Gasteiger partial charge in [0, 0.05) is 39.1 Å². The first-order valence-electron chi connectivity index (χ1n) is 8.44. The number of carbonyl (C=O) groups excluding carboxylic acids is 2. The molecule has 0 atom stereocenters. The quantitative estimate of drug-likeness (QED) is 0.676. The summed E-state index contributed by atoms with van der Waals surface area (Å²) in [6.07, 6.45) is 0.0904. The van der Waals surface area contributed by atoms with Gasteiger partial charge in [-0.05, 0) is 24.7 Å². The minimum atomic E-state index is -3.49. The number of likely N-dealkylation sites (N-methyl/N-ethyl adjacent to an activating group) is 1. The van der Waals surface area contributed by atoms with Gasteiger partial charge in [-0.3, -0.25) is 9.59 Å². The third-order valence-electron chi connectivity index (χ3n) is 4.30. The third kappa shape index (κ3) is 5.52. The topological polar surface area (TPSA) is 96.0 Å². The van der Waals surface area contributed by atoms with Crippen molar-refractivity contribution in [2.24, 2.45) is 0 Å². The number of hydrogen-bond acceptors (Lipinski definition) is 6. The van der Waals surface area contributed by atoms with Gasteiger partial charge < -0.3 is 15.0 Å². The molecule has 8 nitrogen and oxygen atoms in total. The van der Waals surface area contributed by atoms with Gasteiger partial charge in [0.1, 0.15) is 0 Å². The number of nitrogens with one attached hydrogen (secondary N) is 1. The molecule has 0 saturated carbocycles. The van der Waals surface area contributed by atoms with E-state index in [9.17, 15) is 18.0 Å². The molecule has 1 heterocycles. The zero-order chi connectivity index (χ0) is 19.2. The first-order chi connectivity index (χ1) is 12.3. The van der Waals surface area contributed by atoms with Crippen molar-refractivity contribution in [2.45, 2.75) is 24.3 Å². The molecule has 1 fully saturated rings. The van der Waals surface area contributed by atoms with Gasteiger partial charge in [0.2, 0.25) is 15.9 Å². The van der Waals surface area contributed by atoms with Crippen molar-refractivity contribution in [3.63, 3.8) is 0 Å². The number of rotatable bonds is 7. The smallest absolute Gasteiger partial charge is 0.306 e. The molecule has 0 aliphatic carbocycles. The van der Waals surface area contributed by atoms with Gasteiger partial charge >= 0.3 is 5.97 Å². The number of benzene rings is 1. The number of nitrogens with zero attached hydrogens (tertiary/aromatic N) is 2. The minimum absolute atomic E-state index is 0.0323. The van der Waals surface area contributed by atoms with Gasteiger partial charge in [0.05, 0.1) is 18.4 Å². The molecule has 0 radical (unpaired) electrons. The minimum Gasteiger partial charge on any atom is -0.469 e. The average molecular weight is 383 g/mol. The number of carbonyl (C=O) groups is 2. The van der Waals surface area contributed by atoms with Gasteiger partial charge in [-0.2, -0.15) is 4.31 Å². The second-order valence-corrected chi connectivity index (χ2v) is 8.14. The van der Waals surface area contributed by atoms with Crippen LogP contribution in [0.15, 0.2) is 29.2 Å². The molecule has 1 saturated heterocycles. The van der Waals surface area contributed by atoms with E-state index in [0.29, 0.717) is 13.1 Å². The fraction of sp³-hybridized carbons (Fsp3) is 0.529. The molecule has 0 unspecified atom stereocenters. The monoisotopic (exact) mass is 383 g/mol. The molecule has 1 aromatic rings. The molecule has 1 N–H and O–H groups in total. The number of sulfonamides is 1. The predicted octanol–water partition coefficient (Wildman–Crippen LogP) is 0.192. The molecule has 0 bridgehead atoms. The molecule has 1 aliphatic heterocycles. The van der Waals surface area contributed by atoms with Gasteiger partial charge in [-0.25, -0.2) is 8.42 Å². The summed E-state index contributed by atoms with van der Waals surface area (Å²) in [7, 11) is -0.240. The van der Waals surface area contributed by atoms with Crippen molar-refractivity contribution in [2.75, 3.05) is 40.3 Å². The van der Waals surface area contributed by atoms with E-state index >= 15 is 0 Å². The Morgan fingerprint density at radius 2 is 1.69 bits per heavy atom. The highest BCUT2D eigenvalue weighted by Crippen LogP contribution is 2.18. The lowest BCUT2D eigenvalue weighted by atomic mass is 10.2. The molecule has 9 heteroatoms. The Labute approximate surface area is 154 Å². The van der Waals surface area contributed by atoms with E-state index in [1.54, 1.807) is 24.3 Å². The van der Waals surface area contributed by atoms with Crippen LogP contribution in [0.25, 0.3) is 0 Å². The first kappa shape index (κ1) is 20.3. The van der Waals surface area contributed by atoms with Gasteiger partial charge in [-0.15, -0.1) is 0 Å². The van der Waals surface area contributed by atoms with Crippen LogP contribution >= 0.6 is 0 Å². The standard InChI is InChI=1S/C17H25N3O5S/c1-19-9-11-20(12-10-19)26(23,24)15-5-3-14(4-6-15)13-18-16(21)7-8-17(22)25-2/h3-6H,7-13H2,1-2H3,(H,18,21). The maximum atomic E-state index is 12.6. The van der Waals surface area contributed by atoms with Gasteiger partial charge in [-0.1, -0.05) is 12.1 Å². The van der Waals surface area contributed by atoms with E-state index in [1.807, 2.05) is 7.05 Å². The first-order valence-corrected chi connectivity index (χ1v) is 9.88. The molecular weight excluding hydrogens is 358 g/mol. The predicted molar refractivity (Wildman–Crippen MR) is 95.8 cm³/mol. The number of piperazine rings is 1. The molecule has 1 amide bonds. The van der Waals surface area contributed by atoms with Crippen LogP contribution < -0.4 is 5.32 Å². The Bertz CT molecular complexity index is 725. The van der Waals surface area contributed by atoms with Crippen LogP contribution in [0.1, 0.15) is 18.4 Å². The Morgan fingerprint density at radius 3 is 2.27 bits per heavy atom. The molecule has 2 rings (SSSR count). The maximum Gasteiger partial charge on any atom is 0.306 e. The summed E-state index contributed by atoms with van der Waals surface area (Å²) >= 11 is 0. The van der Waals surface area contributed by atoms with Crippen molar-refractivity contribution in [1.82, 2.24) is 14.5 Å². The lowest BCUT2D eigenvalue weighted by Gasteiger charge is -2.31. The number of methoxy groups -OCH3 is 1. The zero-order valence-electron chi connectivity index (χ0n) is 15.1. The van der Waals surface area contributed by atoms with Crippen molar-refractivity contribution in [3.05, 3.63) is 29.8 Å². The van der Waals surface area contributed by atoms with E-state index in [4.69, 9.17) is 0 Å². The van der Waals surface area contributed by atoms with E-state index in [-0.39, 0.29) is 30.2 Å². The fourth-order valence-electron chi connectivity index (χ4n) is 2.56. The van der Waals surface area contributed by atoms with Crippen molar-refractivity contribution in [1.29, 1.82) is 0 Å². The fourth-order valence-corrected chi connectivity index (χ4v) is 3.99. The Balaban J connectivity index is 1.89. The molecule has 144 valence electrons. The summed E-state index contributed by atoms with van der Waals surface area (Å²) in [4.78, 5) is 25.0. The highest BCUT2D eigenvalue weighted by Gasteiger charge is 2.27. The second kappa shape index (κ2) is 9.11. The summed E-state index contributed by atoms with van der Waals surface area (Å²) in [6.45, 7) is 2.67. The van der Waals surface area contributed by atoms with E-state index in [0.717, 1.165) is 18.7 Å². The van der Waals surface area contributed by atoms with E-state index in [1.165, 1.54) is 11.4 Å². The molecule has 0 aromatic heterocycles. The number of hydrogen-bond donors (Lipinski definition) is 1. The molecule has 1 aliphatic rings. The molecule has 1 aromatic carbocycles. The Kier molecular flexibility index (Phi) is 7.13. The number of esters is 1. The van der Waals surface area contributed by atoms with Crippen molar-refractivity contribution < 1.29 is 22.7 Å². The lowest BCUT2D eigenvalue weighted by molar-refractivity contribution is -0.142. The Morgan fingerprint density at radius 1 is 1.08 bits per heavy atom. The van der Waals surface area contributed by atoms with E-state index in [2.05, 4.69) is 15.0 Å². The summed E-state index contributed by atoms with van der Waals surface area (Å²) in [5, 5.41) is 2.69. The number of amides is 1. The summed E-state index contributed by atoms with van der Waals surface area (Å²) in [5.41, 5.74) is 0.786. The highest BCUT2D eigenvalue weighted by atomic mass is 32.2. The van der Waals surface area contributed by atoms with Gasteiger partial charge in [0.25, 0.3) is 0 Å². The summed E-state index contributed by atoms with van der Waals surface area (Å²) in [6, 6.07) is 6.49. The molecule has 26 heavy (non-hydrogen) atoms. The van der Waals surface area contributed by atoms with Crippen molar-refractivity contribution in [3.8, 4) is 0 Å². The Hall–Kier alpha value is -1.97. The average Bonchev–Trinajstić information content (AvgIpc) is 2.65. The largest absolute Gasteiger partial charge is 0.469 e. The van der Waals surface area contributed by atoms with Crippen LogP contribution in [-0.2, 0) is 30.9 Å². The normalized spacial score (nSPS) is 16.2. The third-order valence-corrected chi connectivity index (χ3v) is 6.21. The lowest BCUT2D eigenvalue weighted by Crippen LogP contribution is -2.47. The second-order valence-electron chi connectivity index (χ2n) is 6.20. The molecular formula is C17H25N3O5S. The summed E-state index contributed by atoms with van der Waals surface area (Å²) in [5.74, 6) is -0.692. The SMILES string of the molecule is COC(=O)CCC(=O)NCc1ccc(S(=O)(=O)N2CCN(C)CC2)cc1. The van der Waals surface area contributed by atoms with Crippen LogP contribution in [0.5, 0.6) is 0 Å². The van der Waals surface area contributed by atoms with Crippen LogP contribution in [-0.4, -0.2) is 69.8 Å². The summed E-state index contributed by atoms with van der Waals surface area (Å²) < 4.78 is 31.3. The van der Waals surface area contributed by atoms with Crippen LogP contribution in [0.2, 0.25) is 0 Å². The van der Waals surface area contributed by atoms with Crippen LogP contribution in [0.3, 0.4) is 0 Å². The van der Waals surface area contributed by atoms with Crippen LogP contribution in [0.4, 0.5) is 0 Å². The highest BCUT2D eigenvalue weighted by molar-refractivity contribution is 7.89. The van der Waals surface area contributed by atoms with E-state index < -0.39 is 16.0 Å². The van der Waals surface area contributed by atoms with Crippen LogP contribution in [0, 0.1) is 0 Å². The van der Waals surface area contributed by atoms with Crippen molar-refractivity contribution >= 4 is 21.9 Å². The maximum absolute atomic E-state index is 12.6.